The van der Waals surface area contributed by atoms with E-state index in [1.807, 2.05) is 0 Å². The molecule has 1 rings (SSSR count). The van der Waals surface area contributed by atoms with Crippen molar-refractivity contribution in [3.63, 3.8) is 0 Å². The fourth-order valence-electron chi connectivity index (χ4n) is 1.06. The first-order valence-electron chi connectivity index (χ1n) is 4.23. The van der Waals surface area contributed by atoms with Gasteiger partial charge in [0.15, 0.2) is 0 Å². The predicted molar refractivity (Wildman–Crippen MR) is 61.4 cm³/mol. The molecule has 1 aliphatic rings. The summed E-state index contributed by atoms with van der Waals surface area (Å²) in [7, 11) is 0. The van der Waals surface area contributed by atoms with Crippen LogP contribution in [0.15, 0.2) is 21.3 Å². The lowest BCUT2D eigenvalue weighted by atomic mass is 10.1. The number of hydrogen-bond donors (Lipinski definition) is 0. The van der Waals surface area contributed by atoms with Gasteiger partial charge in [0.1, 0.15) is 0 Å². The van der Waals surface area contributed by atoms with Crippen LogP contribution in [-0.2, 0) is 0 Å². The number of rotatable bonds is 3. The summed E-state index contributed by atoms with van der Waals surface area (Å²) in [4.78, 5) is 0. The van der Waals surface area contributed by atoms with Gasteiger partial charge in [0.25, 0.3) is 0 Å². The lowest BCUT2D eigenvalue weighted by Crippen LogP contribution is -1.83. The van der Waals surface area contributed by atoms with E-state index >= 15 is 0 Å². The third-order valence-corrected chi connectivity index (χ3v) is 4.09. The molecule has 0 fully saturated rings. The molecule has 0 unspecified atom stereocenters. The highest BCUT2D eigenvalue weighted by Crippen LogP contribution is 2.25. The monoisotopic (exact) mass is 262 g/mol. The summed E-state index contributed by atoms with van der Waals surface area (Å²) in [5.41, 5.74) is 1.51. The molecule has 0 bridgehead atoms. The molecular weight excluding hydrogens is 247 g/mol. The number of halogens is 1. The molecule has 0 amide bonds. The molecule has 0 aromatic heterocycles. The van der Waals surface area contributed by atoms with Crippen molar-refractivity contribution < 1.29 is 0 Å². The van der Waals surface area contributed by atoms with Crippen molar-refractivity contribution in [1.29, 1.82) is 0 Å². The Hall–Kier alpha value is 0.0800. The van der Waals surface area contributed by atoms with Crippen molar-refractivity contribution >= 4 is 24.7 Å². The van der Waals surface area contributed by atoms with Gasteiger partial charge in [0.05, 0.1) is 0 Å². The predicted octanol–water partition coefficient (Wildman–Crippen LogP) is 3.79. The van der Waals surface area contributed by atoms with Crippen molar-refractivity contribution in [3.8, 4) is 0 Å². The molecule has 0 radical (unpaired) electrons. The van der Waals surface area contributed by atoms with Crippen molar-refractivity contribution in [3.05, 3.63) is 21.3 Å². The Morgan fingerprint density at radius 3 is 2.82 bits per heavy atom. The third-order valence-electron chi connectivity index (χ3n) is 1.72. The quantitative estimate of drug-likeness (QED) is 0.679. The van der Waals surface area contributed by atoms with Crippen LogP contribution in [-0.4, -0.2) is 4.01 Å². The van der Waals surface area contributed by atoms with E-state index in [4.69, 9.17) is 0 Å². The van der Waals surface area contributed by atoms with Crippen LogP contribution in [0, 0.1) is 0 Å². The maximum absolute atomic E-state index is 2.41. The molecule has 0 spiro atoms. The molecule has 0 saturated heterocycles. The normalized spacial score (nSPS) is 16.9. The Morgan fingerprint density at radius 1 is 1.36 bits per heavy atom. The van der Waals surface area contributed by atoms with E-state index in [1.165, 1.54) is 24.8 Å². The molecule has 0 nitrogen and oxygen atoms in total. The Labute approximate surface area is 79.1 Å². The van der Waals surface area contributed by atoms with Crippen LogP contribution in [0.1, 0.15) is 33.1 Å². The third kappa shape index (κ3) is 2.89. The summed E-state index contributed by atoms with van der Waals surface area (Å²) >= 11 is 0.269. The first-order chi connectivity index (χ1) is 5.36. The van der Waals surface area contributed by atoms with Crippen LogP contribution in [0.3, 0.4) is 0 Å². The van der Waals surface area contributed by atoms with Crippen molar-refractivity contribution in [1.82, 2.24) is 0 Å². The smallest absolute Gasteiger partial charge is 0.0144 e. The van der Waals surface area contributed by atoms with Crippen LogP contribution >= 0.6 is 20.7 Å². The fourth-order valence-corrected chi connectivity index (χ4v) is 3.59. The molecule has 0 aliphatic carbocycles. The van der Waals surface area contributed by atoms with Crippen molar-refractivity contribution in [2.45, 2.75) is 33.1 Å². The Morgan fingerprint density at radius 2 is 2.18 bits per heavy atom. The molecule has 0 saturated carbocycles. The molecule has 0 aromatic rings. The zero-order chi connectivity index (χ0) is 8.10. The average Bonchev–Trinajstić information content (AvgIpc) is 2.06. The van der Waals surface area contributed by atoms with Gasteiger partial charge in [-0.3, -0.25) is 0 Å². The lowest BCUT2D eigenvalue weighted by Gasteiger charge is -2.05. The summed E-state index contributed by atoms with van der Waals surface area (Å²) in [6.07, 6.45) is 8.52. The van der Waals surface area contributed by atoms with Crippen LogP contribution in [0.4, 0.5) is 0 Å². The van der Waals surface area contributed by atoms with Gasteiger partial charge in [-0.15, -0.1) is 0 Å². The lowest BCUT2D eigenvalue weighted by molar-refractivity contribution is 0.950. The fraction of sp³-hybridized carbons (Fsp3) is 0.500. The second-order valence-electron chi connectivity index (χ2n) is 2.67. The van der Waals surface area contributed by atoms with E-state index in [2.05, 4.69) is 30.0 Å². The summed E-state index contributed by atoms with van der Waals surface area (Å²) in [6.45, 7) is 4.48. The number of allylic oxidation sites excluding steroid dienone is 4. The maximum atomic E-state index is 2.41. The largest absolute Gasteiger partial charge is 0.0901 e. The first kappa shape index (κ1) is 9.17. The van der Waals surface area contributed by atoms with E-state index in [0.717, 1.165) is 0 Å². The van der Waals surface area contributed by atoms with E-state index in [9.17, 15) is 0 Å². The molecule has 0 aromatic carbocycles. The minimum atomic E-state index is 0.269. The van der Waals surface area contributed by atoms with Gasteiger partial charge >= 0.3 is 0 Å². The van der Waals surface area contributed by atoms with Gasteiger partial charge in [-0.05, 0) is 26.0 Å². The summed E-state index contributed by atoms with van der Waals surface area (Å²) in [6, 6.07) is 0. The molecule has 1 aliphatic heterocycles. The number of hydrogen-bond acceptors (Lipinski definition) is 0. The van der Waals surface area contributed by atoms with Crippen LogP contribution in [0.5, 0.6) is 0 Å². The molecule has 1 heterocycles. The molecular formula is C10H15I. The van der Waals surface area contributed by atoms with Gasteiger partial charge in [0, 0.05) is 0 Å². The minimum Gasteiger partial charge on any atom is -0.0901 e. The van der Waals surface area contributed by atoms with Crippen molar-refractivity contribution in [2.75, 3.05) is 0 Å². The minimum absolute atomic E-state index is 0.269. The van der Waals surface area contributed by atoms with E-state index in [-0.39, 0.29) is 20.7 Å². The van der Waals surface area contributed by atoms with Crippen molar-refractivity contribution in [2.24, 2.45) is 0 Å². The van der Waals surface area contributed by atoms with E-state index < -0.39 is 0 Å². The summed E-state index contributed by atoms with van der Waals surface area (Å²) < 4.78 is 4.11. The topological polar surface area (TPSA) is 0 Å². The van der Waals surface area contributed by atoms with Gasteiger partial charge < -0.3 is 0 Å². The maximum Gasteiger partial charge on any atom is -0.0144 e. The van der Waals surface area contributed by atoms with E-state index in [0.29, 0.717) is 0 Å². The van der Waals surface area contributed by atoms with Crippen LogP contribution in [0.25, 0.3) is 0 Å². The average molecular weight is 262 g/mol. The second kappa shape index (κ2) is 4.86. The standard InChI is InChI=1S/C10H15I/c1-3-5-10-8-9(4-2)6-7-11-10/h6-8H,3-5H2,1-2H3. The van der Waals surface area contributed by atoms with Gasteiger partial charge in [0.2, 0.25) is 0 Å². The van der Waals surface area contributed by atoms with Gasteiger partial charge in [-0.1, -0.05) is 53.2 Å². The summed E-state index contributed by atoms with van der Waals surface area (Å²) in [5.74, 6) is 0. The molecule has 0 atom stereocenters. The SMILES string of the molecule is CCCC1=CC(CC)=CC=I1. The van der Waals surface area contributed by atoms with Crippen LogP contribution in [0.2, 0.25) is 0 Å². The highest BCUT2D eigenvalue weighted by molar-refractivity contribution is 14.2. The zero-order valence-corrected chi connectivity index (χ0v) is 9.39. The first-order valence-corrected chi connectivity index (χ1v) is 6.55. The molecule has 1 heteroatoms. The van der Waals surface area contributed by atoms with E-state index in [1.54, 1.807) is 3.58 Å². The Bertz CT molecular complexity index is 209. The highest BCUT2D eigenvalue weighted by atomic mass is 127. The highest BCUT2D eigenvalue weighted by Gasteiger charge is 1.97. The molecule has 62 valence electrons. The zero-order valence-electron chi connectivity index (χ0n) is 7.23. The molecule has 11 heavy (non-hydrogen) atoms. The van der Waals surface area contributed by atoms with Gasteiger partial charge in [-0.2, -0.15) is 0 Å². The summed E-state index contributed by atoms with van der Waals surface area (Å²) in [5, 5.41) is 0. The Balaban J connectivity index is 2.63. The Kier molecular flexibility index (Phi) is 4.05. The molecule has 0 N–H and O–H groups in total. The van der Waals surface area contributed by atoms with Gasteiger partial charge in [-0.25, -0.2) is 0 Å². The van der Waals surface area contributed by atoms with Crippen LogP contribution < -0.4 is 0 Å². The second-order valence-corrected chi connectivity index (χ2v) is 5.40.